The molecule has 3 rings (SSSR count). The number of benzene rings is 1. The van der Waals surface area contributed by atoms with Crippen LogP contribution in [-0.4, -0.2) is 21.8 Å². The van der Waals surface area contributed by atoms with Crippen molar-refractivity contribution in [1.82, 2.24) is 15.1 Å². The van der Waals surface area contributed by atoms with E-state index in [0.29, 0.717) is 18.5 Å². The van der Waals surface area contributed by atoms with Gasteiger partial charge in [0.15, 0.2) is 5.96 Å². The van der Waals surface area contributed by atoms with E-state index in [0.717, 1.165) is 24.2 Å². The SMILES string of the molecule is NC(=NCc1ccn(-c2ccc(F)cc2)n1)NC1CCCCC1. The van der Waals surface area contributed by atoms with Crippen LogP contribution in [0.1, 0.15) is 37.8 Å². The molecule has 0 aliphatic heterocycles. The molecule has 2 aromatic rings. The van der Waals surface area contributed by atoms with Crippen LogP contribution < -0.4 is 11.1 Å². The van der Waals surface area contributed by atoms with Crippen molar-refractivity contribution in [3.8, 4) is 5.69 Å². The van der Waals surface area contributed by atoms with E-state index in [9.17, 15) is 4.39 Å². The average Bonchev–Trinajstić information content (AvgIpc) is 3.04. The maximum Gasteiger partial charge on any atom is 0.189 e. The molecule has 1 fully saturated rings. The molecule has 1 aliphatic carbocycles. The first-order chi connectivity index (χ1) is 11.2. The molecule has 0 saturated heterocycles. The molecule has 5 nitrogen and oxygen atoms in total. The summed E-state index contributed by atoms with van der Waals surface area (Å²) in [5.74, 6) is 0.223. The van der Waals surface area contributed by atoms with Gasteiger partial charge in [0.25, 0.3) is 0 Å². The molecule has 0 unspecified atom stereocenters. The van der Waals surface area contributed by atoms with Crippen molar-refractivity contribution in [3.05, 3.63) is 48.0 Å². The number of halogens is 1. The van der Waals surface area contributed by atoms with Crippen LogP contribution in [0.2, 0.25) is 0 Å². The van der Waals surface area contributed by atoms with Crippen molar-refractivity contribution in [3.63, 3.8) is 0 Å². The molecule has 0 spiro atoms. The van der Waals surface area contributed by atoms with Crippen LogP contribution >= 0.6 is 0 Å². The molecule has 1 aromatic carbocycles. The summed E-state index contributed by atoms with van der Waals surface area (Å²) in [5, 5.41) is 7.72. The van der Waals surface area contributed by atoms with Gasteiger partial charge in [-0.1, -0.05) is 19.3 Å². The van der Waals surface area contributed by atoms with Gasteiger partial charge in [0.1, 0.15) is 5.82 Å². The van der Waals surface area contributed by atoms with E-state index in [1.807, 2.05) is 12.3 Å². The van der Waals surface area contributed by atoms with Crippen molar-refractivity contribution >= 4 is 5.96 Å². The zero-order valence-corrected chi connectivity index (χ0v) is 13.1. The van der Waals surface area contributed by atoms with Crippen molar-refractivity contribution in [1.29, 1.82) is 0 Å². The Kier molecular flexibility index (Phi) is 4.90. The Morgan fingerprint density at radius 1 is 1.22 bits per heavy atom. The van der Waals surface area contributed by atoms with Crippen LogP contribution in [0.5, 0.6) is 0 Å². The topological polar surface area (TPSA) is 68.2 Å². The third kappa shape index (κ3) is 4.31. The molecule has 1 heterocycles. The number of rotatable bonds is 4. The highest BCUT2D eigenvalue weighted by molar-refractivity contribution is 5.78. The first kappa shape index (κ1) is 15.5. The van der Waals surface area contributed by atoms with Gasteiger partial charge in [-0.25, -0.2) is 14.1 Å². The van der Waals surface area contributed by atoms with Gasteiger partial charge in [-0.3, -0.25) is 0 Å². The van der Waals surface area contributed by atoms with E-state index >= 15 is 0 Å². The van der Waals surface area contributed by atoms with Crippen molar-refractivity contribution in [2.45, 2.75) is 44.7 Å². The lowest BCUT2D eigenvalue weighted by Crippen LogP contribution is -2.41. The summed E-state index contributed by atoms with van der Waals surface area (Å²) >= 11 is 0. The summed E-state index contributed by atoms with van der Waals surface area (Å²) in [5.41, 5.74) is 7.59. The number of nitrogens with two attached hydrogens (primary N) is 1. The lowest BCUT2D eigenvalue weighted by Gasteiger charge is -2.23. The summed E-state index contributed by atoms with van der Waals surface area (Å²) in [6, 6.07) is 8.55. The van der Waals surface area contributed by atoms with Crippen LogP contribution in [0.3, 0.4) is 0 Å². The molecular formula is C17H22FN5. The van der Waals surface area contributed by atoms with E-state index < -0.39 is 0 Å². The molecule has 1 aliphatic rings. The largest absolute Gasteiger partial charge is 0.370 e. The van der Waals surface area contributed by atoms with Crippen molar-refractivity contribution in [2.75, 3.05) is 0 Å². The molecule has 3 N–H and O–H groups in total. The third-order valence-electron chi connectivity index (χ3n) is 4.10. The molecule has 122 valence electrons. The Morgan fingerprint density at radius 3 is 2.70 bits per heavy atom. The van der Waals surface area contributed by atoms with E-state index in [4.69, 9.17) is 5.73 Å². The number of nitrogens with one attached hydrogen (secondary N) is 1. The summed E-state index contributed by atoms with van der Waals surface area (Å²) < 4.78 is 14.6. The minimum absolute atomic E-state index is 0.257. The molecule has 23 heavy (non-hydrogen) atoms. The fraction of sp³-hybridized carbons (Fsp3) is 0.412. The zero-order chi connectivity index (χ0) is 16.1. The average molecular weight is 315 g/mol. The smallest absolute Gasteiger partial charge is 0.189 e. The number of hydrogen-bond acceptors (Lipinski definition) is 2. The number of aromatic nitrogens is 2. The van der Waals surface area contributed by atoms with Gasteiger partial charge in [0, 0.05) is 12.2 Å². The fourth-order valence-corrected chi connectivity index (χ4v) is 2.85. The van der Waals surface area contributed by atoms with Gasteiger partial charge >= 0.3 is 0 Å². The maximum absolute atomic E-state index is 12.9. The van der Waals surface area contributed by atoms with Gasteiger partial charge in [-0.15, -0.1) is 0 Å². The Bertz CT molecular complexity index is 656. The summed E-state index contributed by atoms with van der Waals surface area (Å²) in [4.78, 5) is 4.36. The molecular weight excluding hydrogens is 293 g/mol. The predicted molar refractivity (Wildman–Crippen MR) is 88.9 cm³/mol. The lowest BCUT2D eigenvalue weighted by molar-refractivity contribution is 0.412. The van der Waals surface area contributed by atoms with Crippen molar-refractivity contribution < 1.29 is 4.39 Å². The second-order valence-corrected chi connectivity index (χ2v) is 5.91. The molecule has 6 heteroatoms. The normalized spacial score (nSPS) is 16.5. The number of guanidine groups is 1. The molecule has 0 bridgehead atoms. The highest BCUT2D eigenvalue weighted by Crippen LogP contribution is 2.17. The second kappa shape index (κ2) is 7.26. The first-order valence-corrected chi connectivity index (χ1v) is 8.08. The van der Waals surface area contributed by atoms with Crippen LogP contribution in [-0.2, 0) is 6.54 Å². The maximum atomic E-state index is 12.9. The highest BCUT2D eigenvalue weighted by Gasteiger charge is 2.13. The first-order valence-electron chi connectivity index (χ1n) is 8.08. The molecule has 1 aromatic heterocycles. The number of hydrogen-bond donors (Lipinski definition) is 2. The fourth-order valence-electron chi connectivity index (χ4n) is 2.85. The van der Waals surface area contributed by atoms with Crippen molar-refractivity contribution in [2.24, 2.45) is 10.7 Å². The quantitative estimate of drug-likeness (QED) is 0.673. The minimum atomic E-state index is -0.257. The van der Waals surface area contributed by atoms with Gasteiger partial charge in [0.2, 0.25) is 0 Å². The summed E-state index contributed by atoms with van der Waals surface area (Å²) in [6.45, 7) is 0.430. The van der Waals surface area contributed by atoms with E-state index in [2.05, 4.69) is 15.4 Å². The van der Waals surface area contributed by atoms with Crippen LogP contribution in [0.4, 0.5) is 4.39 Å². The molecule has 0 atom stereocenters. The Hall–Kier alpha value is -2.37. The van der Waals surface area contributed by atoms with Crippen LogP contribution in [0.15, 0.2) is 41.5 Å². The number of nitrogens with zero attached hydrogens (tertiary/aromatic N) is 3. The summed E-state index contributed by atoms with van der Waals surface area (Å²) in [7, 11) is 0. The van der Waals surface area contributed by atoms with Crippen LogP contribution in [0, 0.1) is 5.82 Å². The standard InChI is InChI=1S/C17H22FN5/c18-13-6-8-16(9-7-13)23-11-10-15(22-23)12-20-17(19)21-14-4-2-1-3-5-14/h6-11,14H,1-5,12H2,(H3,19,20,21). The second-order valence-electron chi connectivity index (χ2n) is 5.91. The highest BCUT2D eigenvalue weighted by atomic mass is 19.1. The molecule has 0 amide bonds. The van der Waals surface area contributed by atoms with E-state index in [1.54, 1.807) is 16.8 Å². The third-order valence-corrected chi connectivity index (χ3v) is 4.10. The van der Waals surface area contributed by atoms with Crippen LogP contribution in [0.25, 0.3) is 5.69 Å². The van der Waals surface area contributed by atoms with E-state index in [-0.39, 0.29) is 5.82 Å². The monoisotopic (exact) mass is 315 g/mol. The Balaban J connectivity index is 1.57. The predicted octanol–water partition coefficient (Wildman–Crippen LogP) is 2.75. The molecule has 0 radical (unpaired) electrons. The zero-order valence-electron chi connectivity index (χ0n) is 13.1. The number of aliphatic imine (C=N–C) groups is 1. The lowest BCUT2D eigenvalue weighted by atomic mass is 9.96. The Labute approximate surface area is 135 Å². The summed E-state index contributed by atoms with van der Waals surface area (Å²) in [6.07, 6.45) is 7.99. The van der Waals surface area contributed by atoms with Gasteiger partial charge in [-0.2, -0.15) is 5.10 Å². The minimum Gasteiger partial charge on any atom is -0.370 e. The van der Waals surface area contributed by atoms with Gasteiger partial charge in [-0.05, 0) is 43.2 Å². The Morgan fingerprint density at radius 2 is 1.96 bits per heavy atom. The van der Waals surface area contributed by atoms with Gasteiger partial charge in [0.05, 0.1) is 17.9 Å². The molecule has 1 saturated carbocycles. The van der Waals surface area contributed by atoms with E-state index in [1.165, 1.54) is 31.4 Å². The van der Waals surface area contributed by atoms with Gasteiger partial charge < -0.3 is 11.1 Å².